The molecule has 142 valence electrons. The molecule has 1 fully saturated rings. The molecule has 2 aromatic carbocycles. The van der Waals surface area contributed by atoms with Crippen LogP contribution in [0.2, 0.25) is 10.0 Å². The Morgan fingerprint density at radius 3 is 2.26 bits per heavy atom. The van der Waals surface area contributed by atoms with Crippen molar-refractivity contribution < 1.29 is 9.59 Å². The van der Waals surface area contributed by atoms with Crippen molar-refractivity contribution in [2.24, 2.45) is 0 Å². The summed E-state index contributed by atoms with van der Waals surface area (Å²) >= 11 is 12.0. The van der Waals surface area contributed by atoms with Gasteiger partial charge in [-0.2, -0.15) is 0 Å². The van der Waals surface area contributed by atoms with Crippen LogP contribution in [0, 0.1) is 0 Å². The average Bonchev–Trinajstić information content (AvgIpc) is 2.65. The molecule has 1 heterocycles. The Bertz CT molecular complexity index is 832. The molecule has 0 unspecified atom stereocenters. The second-order valence-electron chi connectivity index (χ2n) is 6.54. The fourth-order valence-corrected chi connectivity index (χ4v) is 3.51. The van der Waals surface area contributed by atoms with Crippen molar-refractivity contribution in [3.05, 3.63) is 58.1 Å². The predicted octanol–water partition coefficient (Wildman–Crippen LogP) is 3.96. The van der Waals surface area contributed by atoms with Gasteiger partial charge in [0, 0.05) is 42.5 Å². The smallest absolute Gasteiger partial charge is 0.238 e. The average molecular weight is 406 g/mol. The lowest BCUT2D eigenvalue weighted by Gasteiger charge is -2.35. The molecule has 27 heavy (non-hydrogen) atoms. The molecule has 1 saturated heterocycles. The topological polar surface area (TPSA) is 52.7 Å². The van der Waals surface area contributed by atoms with E-state index < -0.39 is 0 Å². The highest BCUT2D eigenvalue weighted by atomic mass is 35.5. The van der Waals surface area contributed by atoms with E-state index in [-0.39, 0.29) is 11.7 Å². The van der Waals surface area contributed by atoms with E-state index in [1.807, 2.05) is 24.3 Å². The number of hydrogen-bond acceptors (Lipinski definition) is 4. The van der Waals surface area contributed by atoms with Gasteiger partial charge in [-0.1, -0.05) is 23.2 Å². The number of nitrogens with zero attached hydrogens (tertiary/aromatic N) is 2. The lowest BCUT2D eigenvalue weighted by molar-refractivity contribution is -0.117. The maximum Gasteiger partial charge on any atom is 0.238 e. The maximum absolute atomic E-state index is 12.3. The molecule has 0 atom stereocenters. The van der Waals surface area contributed by atoms with Crippen molar-refractivity contribution in [3.8, 4) is 0 Å². The summed E-state index contributed by atoms with van der Waals surface area (Å²) in [5.41, 5.74) is 2.38. The van der Waals surface area contributed by atoms with Crippen molar-refractivity contribution in [1.29, 1.82) is 0 Å². The van der Waals surface area contributed by atoms with Crippen LogP contribution in [0.4, 0.5) is 11.4 Å². The second kappa shape index (κ2) is 8.74. The molecular formula is C20H21Cl2N3O2. The van der Waals surface area contributed by atoms with Gasteiger partial charge in [-0.3, -0.25) is 14.5 Å². The van der Waals surface area contributed by atoms with Crippen LogP contribution in [-0.4, -0.2) is 49.3 Å². The normalized spacial score (nSPS) is 14.9. The fourth-order valence-electron chi connectivity index (χ4n) is 3.05. The van der Waals surface area contributed by atoms with Gasteiger partial charge in [0.2, 0.25) is 5.91 Å². The Morgan fingerprint density at radius 1 is 1.00 bits per heavy atom. The Morgan fingerprint density at radius 2 is 1.67 bits per heavy atom. The summed E-state index contributed by atoms with van der Waals surface area (Å²) in [6.07, 6.45) is 0. The van der Waals surface area contributed by atoms with Crippen LogP contribution in [0.1, 0.15) is 17.3 Å². The van der Waals surface area contributed by atoms with Crippen LogP contribution in [0.15, 0.2) is 42.5 Å². The zero-order valence-corrected chi connectivity index (χ0v) is 16.6. The van der Waals surface area contributed by atoms with E-state index in [9.17, 15) is 9.59 Å². The molecule has 0 saturated carbocycles. The van der Waals surface area contributed by atoms with Gasteiger partial charge in [0.15, 0.2) is 5.78 Å². The highest BCUT2D eigenvalue weighted by molar-refractivity contribution is 6.36. The SMILES string of the molecule is CC(=O)c1ccc(N2CCN(CC(=O)Nc3ccc(Cl)cc3Cl)CC2)cc1. The molecule has 1 aliphatic heterocycles. The highest BCUT2D eigenvalue weighted by Crippen LogP contribution is 2.25. The van der Waals surface area contributed by atoms with Gasteiger partial charge in [-0.25, -0.2) is 0 Å². The monoisotopic (exact) mass is 405 g/mol. The summed E-state index contributed by atoms with van der Waals surface area (Å²) in [6, 6.07) is 12.7. The summed E-state index contributed by atoms with van der Waals surface area (Å²) in [7, 11) is 0. The maximum atomic E-state index is 12.3. The number of hydrogen-bond donors (Lipinski definition) is 1. The highest BCUT2D eigenvalue weighted by Gasteiger charge is 2.19. The number of piperazine rings is 1. The van der Waals surface area contributed by atoms with Crippen LogP contribution < -0.4 is 10.2 Å². The second-order valence-corrected chi connectivity index (χ2v) is 7.38. The van der Waals surface area contributed by atoms with Gasteiger partial charge in [0.25, 0.3) is 0 Å². The molecule has 7 heteroatoms. The van der Waals surface area contributed by atoms with Crippen LogP contribution in [0.25, 0.3) is 0 Å². The molecule has 3 rings (SSSR count). The molecular weight excluding hydrogens is 385 g/mol. The van der Waals surface area contributed by atoms with E-state index in [2.05, 4.69) is 15.1 Å². The summed E-state index contributed by atoms with van der Waals surface area (Å²) in [5.74, 6) is -0.0309. The van der Waals surface area contributed by atoms with E-state index in [0.29, 0.717) is 22.3 Å². The van der Waals surface area contributed by atoms with E-state index in [1.54, 1.807) is 25.1 Å². The predicted molar refractivity (Wildman–Crippen MR) is 110 cm³/mol. The number of ketones is 1. The molecule has 1 amide bonds. The van der Waals surface area contributed by atoms with Gasteiger partial charge in [-0.05, 0) is 49.4 Å². The van der Waals surface area contributed by atoms with Crippen LogP contribution in [0.3, 0.4) is 0 Å². The van der Waals surface area contributed by atoms with Crippen LogP contribution in [0.5, 0.6) is 0 Å². The minimum Gasteiger partial charge on any atom is -0.369 e. The lowest BCUT2D eigenvalue weighted by Crippen LogP contribution is -2.48. The fraction of sp³-hybridized carbons (Fsp3) is 0.300. The van der Waals surface area contributed by atoms with Crippen molar-refractivity contribution in [2.75, 3.05) is 42.9 Å². The number of nitrogens with one attached hydrogen (secondary N) is 1. The molecule has 2 aromatic rings. The van der Waals surface area contributed by atoms with Gasteiger partial charge < -0.3 is 10.2 Å². The van der Waals surface area contributed by atoms with Gasteiger partial charge in [0.05, 0.1) is 17.3 Å². The van der Waals surface area contributed by atoms with Crippen molar-refractivity contribution >= 4 is 46.3 Å². The Hall–Kier alpha value is -2.08. The minimum atomic E-state index is -0.0986. The standard InChI is InChI=1S/C20H21Cl2N3O2/c1-14(26)15-2-5-17(6-3-15)25-10-8-24(9-11-25)13-20(27)23-19-7-4-16(21)12-18(19)22/h2-7,12H,8-11,13H2,1H3,(H,23,27). The first kappa shape index (κ1) is 19.7. The first-order valence-electron chi connectivity index (χ1n) is 8.75. The Kier molecular flexibility index (Phi) is 6.37. The third-order valence-corrected chi connectivity index (χ3v) is 5.13. The number of rotatable bonds is 5. The number of benzene rings is 2. The van der Waals surface area contributed by atoms with Gasteiger partial charge >= 0.3 is 0 Å². The molecule has 0 aromatic heterocycles. The number of Topliss-reactive ketones (excluding diaryl/α,β-unsaturated/α-hetero) is 1. The third-order valence-electron chi connectivity index (χ3n) is 4.58. The minimum absolute atomic E-state index is 0.0678. The van der Waals surface area contributed by atoms with E-state index >= 15 is 0 Å². The number of anilines is 2. The number of carbonyl (C=O) groups is 2. The van der Waals surface area contributed by atoms with Crippen LogP contribution >= 0.6 is 23.2 Å². The largest absolute Gasteiger partial charge is 0.369 e. The number of amides is 1. The molecule has 0 radical (unpaired) electrons. The van der Waals surface area contributed by atoms with E-state index in [0.717, 1.165) is 37.4 Å². The van der Waals surface area contributed by atoms with E-state index in [4.69, 9.17) is 23.2 Å². The molecule has 1 aliphatic rings. The summed E-state index contributed by atoms with van der Waals surface area (Å²) < 4.78 is 0. The lowest BCUT2D eigenvalue weighted by atomic mass is 10.1. The van der Waals surface area contributed by atoms with Crippen molar-refractivity contribution in [2.45, 2.75) is 6.92 Å². The molecule has 1 N–H and O–H groups in total. The zero-order chi connectivity index (χ0) is 19.4. The van der Waals surface area contributed by atoms with Crippen LogP contribution in [-0.2, 0) is 4.79 Å². The van der Waals surface area contributed by atoms with E-state index in [1.165, 1.54) is 0 Å². The van der Waals surface area contributed by atoms with Crippen molar-refractivity contribution in [3.63, 3.8) is 0 Å². The molecule has 5 nitrogen and oxygen atoms in total. The molecule has 0 aliphatic carbocycles. The Balaban J connectivity index is 1.50. The molecule has 0 bridgehead atoms. The zero-order valence-electron chi connectivity index (χ0n) is 15.0. The quantitative estimate of drug-likeness (QED) is 0.764. The first-order chi connectivity index (χ1) is 12.9. The summed E-state index contributed by atoms with van der Waals surface area (Å²) in [6.45, 7) is 5.11. The summed E-state index contributed by atoms with van der Waals surface area (Å²) in [4.78, 5) is 28.0. The van der Waals surface area contributed by atoms with Gasteiger partial charge in [-0.15, -0.1) is 0 Å². The number of carbonyl (C=O) groups excluding carboxylic acids is 2. The van der Waals surface area contributed by atoms with Crippen molar-refractivity contribution in [1.82, 2.24) is 4.90 Å². The molecule has 0 spiro atoms. The first-order valence-corrected chi connectivity index (χ1v) is 9.51. The third kappa shape index (κ3) is 5.22. The number of halogens is 2. The summed E-state index contributed by atoms with van der Waals surface area (Å²) in [5, 5.41) is 3.79. The Labute approximate surface area is 168 Å². The van der Waals surface area contributed by atoms with Gasteiger partial charge in [0.1, 0.15) is 0 Å².